The lowest BCUT2D eigenvalue weighted by atomic mass is 10.1. The van der Waals surface area contributed by atoms with Crippen LogP contribution in [-0.4, -0.2) is 51.2 Å². The normalized spacial score (nSPS) is 16.6. The molecule has 2 N–H and O–H groups in total. The lowest BCUT2D eigenvalue weighted by Gasteiger charge is -2.29. The van der Waals surface area contributed by atoms with Crippen LogP contribution in [0, 0.1) is 0 Å². The number of nitrogens with zero attached hydrogens (tertiary/aromatic N) is 2. The van der Waals surface area contributed by atoms with Crippen LogP contribution < -0.4 is 0 Å². The Morgan fingerprint density at radius 2 is 1.83 bits per heavy atom. The number of aliphatic hydroxyl groups is 1. The highest BCUT2D eigenvalue weighted by atomic mass is 16.4. The summed E-state index contributed by atoms with van der Waals surface area (Å²) in [4.78, 5) is 28.2. The van der Waals surface area contributed by atoms with Crippen molar-refractivity contribution in [3.05, 3.63) is 29.6 Å². The number of rotatable bonds is 2. The van der Waals surface area contributed by atoms with E-state index in [1.54, 1.807) is 4.90 Å². The molecule has 1 saturated heterocycles. The molecule has 0 spiro atoms. The summed E-state index contributed by atoms with van der Waals surface area (Å²) in [5.74, 6) is -1.44. The van der Waals surface area contributed by atoms with Crippen LogP contribution in [0.3, 0.4) is 0 Å². The number of likely N-dealkylation sites (tertiary alicyclic amines) is 1. The zero-order chi connectivity index (χ0) is 13.1. The van der Waals surface area contributed by atoms with Gasteiger partial charge in [0.1, 0.15) is 11.4 Å². The van der Waals surface area contributed by atoms with Crippen molar-refractivity contribution in [2.75, 3.05) is 13.1 Å². The predicted octanol–water partition coefficient (Wildman–Crippen LogP) is 0.377. The Labute approximate surface area is 104 Å². The van der Waals surface area contributed by atoms with E-state index in [0.717, 1.165) is 0 Å². The summed E-state index contributed by atoms with van der Waals surface area (Å²) in [7, 11) is 0. The molecule has 1 aliphatic heterocycles. The maximum absolute atomic E-state index is 12.1. The number of carbonyl (C=O) groups excluding carboxylic acids is 1. The first-order valence-electron chi connectivity index (χ1n) is 5.75. The van der Waals surface area contributed by atoms with Gasteiger partial charge < -0.3 is 15.1 Å². The second-order valence-corrected chi connectivity index (χ2v) is 4.24. The highest BCUT2D eigenvalue weighted by molar-refractivity contribution is 5.94. The largest absolute Gasteiger partial charge is 0.477 e. The lowest BCUT2D eigenvalue weighted by Crippen LogP contribution is -2.40. The van der Waals surface area contributed by atoms with Crippen molar-refractivity contribution in [2.45, 2.75) is 18.9 Å². The average molecular weight is 250 g/mol. The van der Waals surface area contributed by atoms with Crippen LogP contribution in [0.5, 0.6) is 0 Å². The van der Waals surface area contributed by atoms with Gasteiger partial charge in [0, 0.05) is 13.1 Å². The molecule has 2 heterocycles. The standard InChI is InChI=1S/C12H14N2O4/c15-8-4-6-14(7-5-8)11(16)9-2-1-3-10(13-9)12(17)18/h1-3,8,15H,4-7H2,(H,17,18). The number of carbonyl (C=O) groups is 2. The third kappa shape index (κ3) is 2.65. The Kier molecular flexibility index (Phi) is 3.57. The van der Waals surface area contributed by atoms with E-state index in [-0.39, 0.29) is 23.4 Å². The molecule has 0 bridgehead atoms. The van der Waals surface area contributed by atoms with Crippen LogP contribution in [0.25, 0.3) is 0 Å². The van der Waals surface area contributed by atoms with Crippen molar-refractivity contribution in [2.24, 2.45) is 0 Å². The smallest absolute Gasteiger partial charge is 0.354 e. The number of hydrogen-bond donors (Lipinski definition) is 2. The van der Waals surface area contributed by atoms with Crippen molar-refractivity contribution >= 4 is 11.9 Å². The fraction of sp³-hybridized carbons (Fsp3) is 0.417. The highest BCUT2D eigenvalue weighted by Crippen LogP contribution is 2.13. The molecule has 6 heteroatoms. The molecule has 0 aromatic carbocycles. The van der Waals surface area contributed by atoms with E-state index in [0.29, 0.717) is 25.9 Å². The first kappa shape index (κ1) is 12.5. The molecule has 0 unspecified atom stereocenters. The molecular formula is C12H14N2O4. The number of aliphatic hydroxyl groups excluding tert-OH is 1. The van der Waals surface area contributed by atoms with E-state index >= 15 is 0 Å². The number of pyridine rings is 1. The second kappa shape index (κ2) is 5.14. The number of carboxylic acids is 1. The van der Waals surface area contributed by atoms with Crippen molar-refractivity contribution < 1.29 is 19.8 Å². The Morgan fingerprint density at radius 1 is 1.22 bits per heavy atom. The molecule has 0 saturated carbocycles. The van der Waals surface area contributed by atoms with Crippen LogP contribution in [0.4, 0.5) is 0 Å². The van der Waals surface area contributed by atoms with Gasteiger partial charge in [0.15, 0.2) is 0 Å². The van der Waals surface area contributed by atoms with Crippen molar-refractivity contribution in [3.8, 4) is 0 Å². The Balaban J connectivity index is 2.13. The van der Waals surface area contributed by atoms with Gasteiger partial charge in [0.05, 0.1) is 6.10 Å². The quantitative estimate of drug-likeness (QED) is 0.791. The minimum atomic E-state index is -1.15. The first-order valence-corrected chi connectivity index (χ1v) is 5.75. The van der Waals surface area contributed by atoms with Crippen molar-refractivity contribution in [1.82, 2.24) is 9.88 Å². The summed E-state index contributed by atoms with van der Waals surface area (Å²) in [5, 5.41) is 18.2. The lowest BCUT2D eigenvalue weighted by molar-refractivity contribution is 0.0541. The molecule has 2 rings (SSSR count). The van der Waals surface area contributed by atoms with Gasteiger partial charge in [0.25, 0.3) is 5.91 Å². The average Bonchev–Trinajstić information content (AvgIpc) is 2.39. The summed E-state index contributed by atoms with van der Waals surface area (Å²) < 4.78 is 0. The molecule has 0 aliphatic carbocycles. The zero-order valence-corrected chi connectivity index (χ0v) is 9.74. The molecule has 1 aromatic rings. The van der Waals surface area contributed by atoms with E-state index < -0.39 is 5.97 Å². The minimum Gasteiger partial charge on any atom is -0.477 e. The van der Waals surface area contributed by atoms with Crippen molar-refractivity contribution in [1.29, 1.82) is 0 Å². The van der Waals surface area contributed by atoms with Gasteiger partial charge in [-0.25, -0.2) is 9.78 Å². The maximum Gasteiger partial charge on any atom is 0.354 e. The first-order chi connectivity index (χ1) is 8.58. The number of aromatic nitrogens is 1. The monoisotopic (exact) mass is 250 g/mol. The maximum atomic E-state index is 12.1. The Hall–Kier alpha value is -1.95. The number of amides is 1. The summed E-state index contributed by atoms with van der Waals surface area (Å²) >= 11 is 0. The molecule has 0 atom stereocenters. The van der Waals surface area contributed by atoms with Crippen molar-refractivity contribution in [3.63, 3.8) is 0 Å². The second-order valence-electron chi connectivity index (χ2n) is 4.24. The van der Waals surface area contributed by atoms with E-state index in [1.807, 2.05) is 0 Å². The van der Waals surface area contributed by atoms with Gasteiger partial charge in [-0.2, -0.15) is 0 Å². The highest BCUT2D eigenvalue weighted by Gasteiger charge is 2.23. The van der Waals surface area contributed by atoms with Gasteiger partial charge in [-0.05, 0) is 25.0 Å². The fourth-order valence-corrected chi connectivity index (χ4v) is 1.90. The van der Waals surface area contributed by atoms with Gasteiger partial charge in [0.2, 0.25) is 0 Å². The molecular weight excluding hydrogens is 236 g/mol. The number of piperidine rings is 1. The Bertz CT molecular complexity index is 467. The van der Waals surface area contributed by atoms with Crippen LogP contribution in [0.15, 0.2) is 18.2 Å². The zero-order valence-electron chi connectivity index (χ0n) is 9.74. The SMILES string of the molecule is O=C(O)c1cccc(C(=O)N2CCC(O)CC2)n1. The molecule has 6 nitrogen and oxygen atoms in total. The molecule has 1 amide bonds. The van der Waals surface area contributed by atoms with Crippen LogP contribution in [0.1, 0.15) is 33.8 Å². The van der Waals surface area contributed by atoms with E-state index in [2.05, 4.69) is 4.98 Å². The molecule has 1 fully saturated rings. The van der Waals surface area contributed by atoms with Gasteiger partial charge in [-0.3, -0.25) is 4.79 Å². The van der Waals surface area contributed by atoms with Gasteiger partial charge in [-0.1, -0.05) is 6.07 Å². The number of carboxylic acid groups (broad SMARTS) is 1. The molecule has 96 valence electrons. The fourth-order valence-electron chi connectivity index (χ4n) is 1.90. The van der Waals surface area contributed by atoms with Gasteiger partial charge in [-0.15, -0.1) is 0 Å². The molecule has 1 aliphatic rings. The van der Waals surface area contributed by atoms with Crippen LogP contribution in [-0.2, 0) is 0 Å². The Morgan fingerprint density at radius 3 is 2.44 bits per heavy atom. The summed E-state index contributed by atoms with van der Waals surface area (Å²) in [6.07, 6.45) is 0.738. The number of hydrogen-bond acceptors (Lipinski definition) is 4. The summed E-state index contributed by atoms with van der Waals surface area (Å²) in [6, 6.07) is 4.35. The third-order valence-electron chi connectivity index (χ3n) is 2.94. The van der Waals surface area contributed by atoms with Crippen LogP contribution in [0.2, 0.25) is 0 Å². The van der Waals surface area contributed by atoms with E-state index in [1.165, 1.54) is 18.2 Å². The molecule has 0 radical (unpaired) electrons. The topological polar surface area (TPSA) is 90.7 Å². The predicted molar refractivity (Wildman–Crippen MR) is 62.3 cm³/mol. The van der Waals surface area contributed by atoms with Gasteiger partial charge >= 0.3 is 5.97 Å². The summed E-state index contributed by atoms with van der Waals surface area (Å²) in [5.41, 5.74) is -0.0100. The number of aromatic carboxylic acids is 1. The molecule has 18 heavy (non-hydrogen) atoms. The minimum absolute atomic E-state index is 0.131. The van der Waals surface area contributed by atoms with E-state index in [4.69, 9.17) is 5.11 Å². The molecule has 1 aromatic heterocycles. The summed E-state index contributed by atoms with van der Waals surface area (Å²) in [6.45, 7) is 0.942. The van der Waals surface area contributed by atoms with E-state index in [9.17, 15) is 14.7 Å². The van der Waals surface area contributed by atoms with Crippen LogP contribution >= 0.6 is 0 Å². The third-order valence-corrected chi connectivity index (χ3v) is 2.94.